The molecule has 2 rings (SSSR count). The van der Waals surface area contributed by atoms with E-state index in [1.54, 1.807) is 11.0 Å². The second kappa shape index (κ2) is 5.18. The molecule has 2 heterocycles. The summed E-state index contributed by atoms with van der Waals surface area (Å²) in [7, 11) is 0. The van der Waals surface area contributed by atoms with E-state index in [1.807, 2.05) is 41.5 Å². The Bertz CT molecular complexity index is 504. The summed E-state index contributed by atoms with van der Waals surface area (Å²) in [6.45, 7) is 11.8. The molecule has 0 atom stereocenters. The monoisotopic (exact) mass is 311 g/mol. The van der Waals surface area contributed by atoms with Gasteiger partial charge in [0, 0.05) is 6.42 Å². The number of esters is 1. The third-order valence-corrected chi connectivity index (χ3v) is 3.20. The molecule has 2 aliphatic heterocycles. The van der Waals surface area contributed by atoms with Gasteiger partial charge in [-0.1, -0.05) is 0 Å². The molecule has 0 saturated carbocycles. The first kappa shape index (κ1) is 16.6. The van der Waals surface area contributed by atoms with Gasteiger partial charge < -0.3 is 19.1 Å². The molecule has 0 bridgehead atoms. The molecule has 0 unspecified atom stereocenters. The summed E-state index contributed by atoms with van der Waals surface area (Å²) >= 11 is 0. The first-order chi connectivity index (χ1) is 9.89. The van der Waals surface area contributed by atoms with Gasteiger partial charge in [-0.15, -0.1) is 0 Å². The van der Waals surface area contributed by atoms with Crippen LogP contribution in [0.3, 0.4) is 0 Å². The highest BCUT2D eigenvalue weighted by molar-refractivity contribution is 5.87. The van der Waals surface area contributed by atoms with Gasteiger partial charge in [0.25, 0.3) is 0 Å². The SMILES string of the molecule is CC(C)(C)OC(=O)C1=CCC2(CN(C(=O)OC(C)(C)C)C2)O1. The summed E-state index contributed by atoms with van der Waals surface area (Å²) in [5.41, 5.74) is -1.57. The normalized spacial score (nSPS) is 20.1. The van der Waals surface area contributed by atoms with Gasteiger partial charge >= 0.3 is 12.1 Å². The Hall–Kier alpha value is -1.72. The molecule has 0 radical (unpaired) electrons. The van der Waals surface area contributed by atoms with Gasteiger partial charge in [0.2, 0.25) is 5.76 Å². The molecule has 124 valence electrons. The van der Waals surface area contributed by atoms with Gasteiger partial charge in [-0.05, 0) is 47.6 Å². The maximum atomic E-state index is 12.0. The first-order valence-corrected chi connectivity index (χ1v) is 7.50. The third kappa shape index (κ3) is 3.93. The van der Waals surface area contributed by atoms with Crippen molar-refractivity contribution in [3.63, 3.8) is 0 Å². The zero-order valence-corrected chi connectivity index (χ0v) is 14.2. The quantitative estimate of drug-likeness (QED) is 0.697. The van der Waals surface area contributed by atoms with Crippen LogP contribution in [-0.4, -0.2) is 46.9 Å². The van der Waals surface area contributed by atoms with Crippen molar-refractivity contribution in [2.24, 2.45) is 0 Å². The van der Waals surface area contributed by atoms with E-state index in [-0.39, 0.29) is 11.9 Å². The van der Waals surface area contributed by atoms with Crippen molar-refractivity contribution in [1.82, 2.24) is 4.90 Å². The molecule has 0 aromatic heterocycles. The van der Waals surface area contributed by atoms with Gasteiger partial charge in [0.1, 0.15) is 16.8 Å². The maximum Gasteiger partial charge on any atom is 0.410 e. The Kier molecular flexibility index (Phi) is 3.92. The summed E-state index contributed by atoms with van der Waals surface area (Å²) in [5.74, 6) is -0.223. The summed E-state index contributed by atoms with van der Waals surface area (Å²) < 4.78 is 16.3. The topological polar surface area (TPSA) is 65.1 Å². The summed E-state index contributed by atoms with van der Waals surface area (Å²) in [6.07, 6.45) is 1.98. The van der Waals surface area contributed by atoms with Crippen molar-refractivity contribution in [1.29, 1.82) is 0 Å². The Labute approximate surface area is 131 Å². The number of ether oxygens (including phenoxy) is 3. The minimum absolute atomic E-state index is 0.235. The highest BCUT2D eigenvalue weighted by atomic mass is 16.6. The molecule has 22 heavy (non-hydrogen) atoms. The van der Waals surface area contributed by atoms with Gasteiger partial charge in [-0.25, -0.2) is 9.59 Å². The molecule has 1 saturated heterocycles. The van der Waals surface area contributed by atoms with E-state index in [2.05, 4.69) is 0 Å². The third-order valence-electron chi connectivity index (χ3n) is 3.20. The van der Waals surface area contributed by atoms with Crippen molar-refractivity contribution in [2.75, 3.05) is 13.1 Å². The number of rotatable bonds is 1. The van der Waals surface area contributed by atoms with Crippen LogP contribution in [-0.2, 0) is 19.0 Å². The van der Waals surface area contributed by atoms with E-state index in [1.165, 1.54) is 0 Å². The summed E-state index contributed by atoms with van der Waals surface area (Å²) in [4.78, 5) is 25.5. The molecule has 2 aliphatic rings. The average molecular weight is 311 g/mol. The van der Waals surface area contributed by atoms with Crippen molar-refractivity contribution in [2.45, 2.75) is 64.8 Å². The Morgan fingerprint density at radius 1 is 1.09 bits per heavy atom. The van der Waals surface area contributed by atoms with E-state index >= 15 is 0 Å². The van der Waals surface area contributed by atoms with Crippen LogP contribution in [0, 0.1) is 0 Å². The molecule has 1 amide bonds. The van der Waals surface area contributed by atoms with E-state index in [0.717, 1.165) is 0 Å². The van der Waals surface area contributed by atoms with Crippen LogP contribution >= 0.6 is 0 Å². The second-order valence-electron chi connectivity index (χ2n) is 7.90. The molecule has 6 heteroatoms. The number of nitrogens with zero attached hydrogens (tertiary/aromatic N) is 1. The Morgan fingerprint density at radius 2 is 1.64 bits per heavy atom. The van der Waals surface area contributed by atoms with Crippen LogP contribution in [0.25, 0.3) is 0 Å². The van der Waals surface area contributed by atoms with Crippen molar-refractivity contribution < 1.29 is 23.8 Å². The highest BCUT2D eigenvalue weighted by Gasteiger charge is 2.52. The fourth-order valence-corrected chi connectivity index (χ4v) is 2.35. The standard InChI is InChI=1S/C16H25NO5/c1-14(2,3)21-12(18)11-7-8-16(20-11)9-17(10-16)13(19)22-15(4,5)6/h7H,8-10H2,1-6H3. The zero-order chi connectivity index (χ0) is 16.8. The van der Waals surface area contributed by atoms with Crippen LogP contribution < -0.4 is 0 Å². The maximum absolute atomic E-state index is 12.0. The van der Waals surface area contributed by atoms with Gasteiger partial charge in [0.15, 0.2) is 0 Å². The number of amides is 1. The fourth-order valence-electron chi connectivity index (χ4n) is 2.35. The van der Waals surface area contributed by atoms with E-state index in [9.17, 15) is 9.59 Å². The van der Waals surface area contributed by atoms with Gasteiger partial charge in [-0.3, -0.25) is 0 Å². The molecule has 1 fully saturated rings. The molecule has 6 nitrogen and oxygen atoms in total. The number of carbonyl (C=O) groups is 2. The molecule has 1 spiro atoms. The minimum atomic E-state index is -0.556. The lowest BCUT2D eigenvalue weighted by molar-refractivity contribution is -0.161. The predicted molar refractivity (Wildman–Crippen MR) is 80.2 cm³/mol. The van der Waals surface area contributed by atoms with Crippen LogP contribution in [0.1, 0.15) is 48.0 Å². The van der Waals surface area contributed by atoms with Crippen molar-refractivity contribution in [3.8, 4) is 0 Å². The van der Waals surface area contributed by atoms with Crippen molar-refractivity contribution in [3.05, 3.63) is 11.8 Å². The lowest BCUT2D eigenvalue weighted by Gasteiger charge is -2.46. The summed E-state index contributed by atoms with van der Waals surface area (Å²) in [5, 5.41) is 0. The zero-order valence-electron chi connectivity index (χ0n) is 14.2. The Balaban J connectivity index is 1.84. The number of hydrogen-bond acceptors (Lipinski definition) is 5. The van der Waals surface area contributed by atoms with Gasteiger partial charge in [-0.2, -0.15) is 0 Å². The predicted octanol–water partition coefficient (Wildman–Crippen LogP) is 2.62. The largest absolute Gasteiger partial charge is 0.476 e. The molecular formula is C16H25NO5. The van der Waals surface area contributed by atoms with E-state index < -0.39 is 22.8 Å². The van der Waals surface area contributed by atoms with Crippen molar-refractivity contribution >= 4 is 12.1 Å². The average Bonchev–Trinajstić information content (AvgIpc) is 2.66. The van der Waals surface area contributed by atoms with Crippen LogP contribution in [0.4, 0.5) is 4.79 Å². The lowest BCUT2D eigenvalue weighted by atomic mass is 9.92. The smallest absolute Gasteiger partial charge is 0.410 e. The lowest BCUT2D eigenvalue weighted by Crippen LogP contribution is -2.64. The Morgan fingerprint density at radius 3 is 2.14 bits per heavy atom. The summed E-state index contributed by atoms with van der Waals surface area (Å²) in [6, 6.07) is 0. The molecular weight excluding hydrogens is 286 g/mol. The van der Waals surface area contributed by atoms with Crippen LogP contribution in [0.15, 0.2) is 11.8 Å². The number of carbonyl (C=O) groups excluding carboxylic acids is 2. The molecule has 0 N–H and O–H groups in total. The van der Waals surface area contributed by atoms with E-state index in [4.69, 9.17) is 14.2 Å². The first-order valence-electron chi connectivity index (χ1n) is 7.50. The molecule has 0 aromatic carbocycles. The molecule has 0 aromatic rings. The number of likely N-dealkylation sites (tertiary alicyclic amines) is 1. The van der Waals surface area contributed by atoms with E-state index in [0.29, 0.717) is 19.5 Å². The highest BCUT2D eigenvalue weighted by Crippen LogP contribution is 2.38. The van der Waals surface area contributed by atoms with Crippen LogP contribution in [0.2, 0.25) is 0 Å². The number of hydrogen-bond donors (Lipinski definition) is 0. The van der Waals surface area contributed by atoms with Gasteiger partial charge in [0.05, 0.1) is 13.1 Å². The minimum Gasteiger partial charge on any atom is -0.476 e. The molecule has 0 aliphatic carbocycles. The second-order valence-corrected chi connectivity index (χ2v) is 7.90. The van der Waals surface area contributed by atoms with Crippen LogP contribution in [0.5, 0.6) is 0 Å². The fraction of sp³-hybridized carbons (Fsp3) is 0.750.